The molecule has 0 amide bonds. The van der Waals surface area contributed by atoms with E-state index in [0.29, 0.717) is 19.3 Å². The van der Waals surface area contributed by atoms with Crippen molar-refractivity contribution in [2.75, 3.05) is 26.4 Å². The minimum atomic E-state index is -4.88. The van der Waals surface area contributed by atoms with Gasteiger partial charge in [-0.05, 0) is 63.7 Å². The Kier molecular flexibility index (Phi) is 41.1. The van der Waals surface area contributed by atoms with Crippen molar-refractivity contribution >= 4 is 27.6 Å². The van der Waals surface area contributed by atoms with E-state index in [1.54, 1.807) is 0 Å². The first kappa shape index (κ1) is 62.0. The number of carbonyl (C=O) groups excluding carboxylic acids is 2. The van der Waals surface area contributed by atoms with Gasteiger partial charge in [-0.2, -0.15) is 0 Å². The lowest BCUT2D eigenvalue weighted by Crippen LogP contribution is -2.29. The number of phosphoric acid groups is 2. The van der Waals surface area contributed by atoms with Gasteiger partial charge in [-0.15, -0.1) is 0 Å². The van der Waals surface area contributed by atoms with Crippen LogP contribution in [-0.2, 0) is 41.8 Å². The number of esters is 2. The van der Waals surface area contributed by atoms with Gasteiger partial charge in [0.05, 0.1) is 25.9 Å². The van der Waals surface area contributed by atoms with Crippen molar-refractivity contribution < 1.29 is 66.7 Å². The van der Waals surface area contributed by atoms with Gasteiger partial charge in [0.15, 0.2) is 6.10 Å². The van der Waals surface area contributed by atoms with Crippen LogP contribution in [-0.4, -0.2) is 81.6 Å². The molecule has 1 unspecified atom stereocenters. The smallest absolute Gasteiger partial charge is 0.462 e. The maximum absolute atomic E-state index is 12.7. The van der Waals surface area contributed by atoms with Gasteiger partial charge in [-0.25, -0.2) is 9.13 Å². The standard InChI is InChI=1S/C48H88O14P2/c1-4-44(49)36-32-28-24-20-16-12-9-10-14-18-22-26-30-34-38-48(52)62-46(42-61-64(56,57)60-40-45(50)39-59-63(53,54)55)41-58-47(51)37-33-29-25-21-17-13-8-6-5-7-11-15-19-23-27-31-35-43(2)3/h10,12,14,16,22,24,26,28,43-46,49-50H,4-9,11,13,15,17-21,23,25,27,29-42H2,1-3H3,(H,56,57)(H2,53,54,55)/b14-10-,16-12-,26-22-,28-24-/t44-,45+,46-/m1/s1. The minimum Gasteiger partial charge on any atom is -0.462 e. The zero-order chi connectivity index (χ0) is 47.6. The SMILES string of the molecule is CC[C@@H](O)CC/C=C\C/C=C\C/C=C\C/C=C\CCCC(=O)O[C@H](COC(=O)CCCCCCCCCCCCCCCCCCC(C)C)COP(=O)(O)OC[C@@H](O)COP(=O)(O)O. The van der Waals surface area contributed by atoms with Crippen LogP contribution < -0.4 is 0 Å². The van der Waals surface area contributed by atoms with E-state index >= 15 is 0 Å². The Labute approximate surface area is 386 Å². The van der Waals surface area contributed by atoms with Crippen LogP contribution in [0.15, 0.2) is 48.6 Å². The van der Waals surface area contributed by atoms with Gasteiger partial charge in [0.25, 0.3) is 0 Å². The number of ether oxygens (including phenoxy) is 2. The van der Waals surface area contributed by atoms with E-state index < -0.39 is 66.2 Å². The van der Waals surface area contributed by atoms with Crippen LogP contribution in [0.3, 0.4) is 0 Å². The molecule has 0 aromatic heterocycles. The first-order chi connectivity index (χ1) is 30.6. The van der Waals surface area contributed by atoms with Gasteiger partial charge in [-0.3, -0.25) is 23.2 Å². The summed E-state index contributed by atoms with van der Waals surface area (Å²) in [5.41, 5.74) is 0. The third kappa shape index (κ3) is 46.6. The van der Waals surface area contributed by atoms with Crippen molar-refractivity contribution in [2.24, 2.45) is 5.92 Å². The van der Waals surface area contributed by atoms with Crippen LogP contribution in [0.25, 0.3) is 0 Å². The number of hydrogen-bond acceptors (Lipinski definition) is 11. The third-order valence-electron chi connectivity index (χ3n) is 10.3. The van der Waals surface area contributed by atoms with E-state index in [2.05, 4.69) is 59.4 Å². The number of unbranched alkanes of at least 4 members (excludes halogenated alkanes) is 16. The molecule has 0 aliphatic rings. The third-order valence-corrected chi connectivity index (χ3v) is 11.7. The van der Waals surface area contributed by atoms with E-state index in [1.807, 2.05) is 19.1 Å². The number of hydrogen-bond donors (Lipinski definition) is 5. The molecule has 0 fully saturated rings. The highest BCUT2D eigenvalue weighted by Crippen LogP contribution is 2.43. The summed E-state index contributed by atoms with van der Waals surface area (Å²) in [5, 5.41) is 19.3. The topological polar surface area (TPSA) is 216 Å². The van der Waals surface area contributed by atoms with E-state index in [-0.39, 0.29) is 18.9 Å². The zero-order valence-corrected chi connectivity index (χ0v) is 41.4. The lowest BCUT2D eigenvalue weighted by molar-refractivity contribution is -0.161. The molecule has 0 radical (unpaired) electrons. The minimum absolute atomic E-state index is 0.0426. The van der Waals surface area contributed by atoms with Gasteiger partial charge in [0.2, 0.25) is 0 Å². The zero-order valence-electron chi connectivity index (χ0n) is 39.7. The molecule has 5 N–H and O–H groups in total. The van der Waals surface area contributed by atoms with Crippen molar-refractivity contribution in [3.8, 4) is 0 Å². The van der Waals surface area contributed by atoms with Crippen molar-refractivity contribution in [2.45, 2.75) is 212 Å². The Morgan fingerprint density at radius 3 is 1.44 bits per heavy atom. The molecule has 0 saturated heterocycles. The average Bonchev–Trinajstić information content (AvgIpc) is 3.24. The second kappa shape index (κ2) is 42.4. The number of aliphatic hydroxyl groups excluding tert-OH is 2. The summed E-state index contributed by atoms with van der Waals surface area (Å²) in [6.07, 6.45) is 40.5. The fraction of sp³-hybridized carbons (Fsp3) is 0.792. The maximum Gasteiger partial charge on any atom is 0.472 e. The summed E-state index contributed by atoms with van der Waals surface area (Å²) in [6, 6.07) is 0. The largest absolute Gasteiger partial charge is 0.472 e. The summed E-state index contributed by atoms with van der Waals surface area (Å²) in [4.78, 5) is 52.8. The molecule has 16 heteroatoms. The summed E-state index contributed by atoms with van der Waals surface area (Å²) in [6.45, 7) is 3.77. The Balaban J connectivity index is 4.52. The first-order valence-electron chi connectivity index (χ1n) is 24.3. The van der Waals surface area contributed by atoms with E-state index in [4.69, 9.17) is 23.8 Å². The normalized spacial score (nSPS) is 14.9. The summed E-state index contributed by atoms with van der Waals surface area (Å²) in [7, 11) is -9.71. The Morgan fingerprint density at radius 2 is 0.938 bits per heavy atom. The average molecular weight is 951 g/mol. The van der Waals surface area contributed by atoms with E-state index in [9.17, 15) is 33.8 Å². The monoisotopic (exact) mass is 951 g/mol. The van der Waals surface area contributed by atoms with E-state index in [1.165, 1.54) is 83.5 Å². The highest BCUT2D eigenvalue weighted by atomic mass is 31.2. The van der Waals surface area contributed by atoms with Gasteiger partial charge in [0.1, 0.15) is 12.7 Å². The van der Waals surface area contributed by atoms with Gasteiger partial charge >= 0.3 is 27.6 Å². The van der Waals surface area contributed by atoms with Crippen LogP contribution in [0.1, 0.15) is 194 Å². The Hall–Kier alpha value is -1.96. The summed E-state index contributed by atoms with van der Waals surface area (Å²) < 4.78 is 47.8. The maximum atomic E-state index is 12.7. The molecule has 14 nitrogen and oxygen atoms in total. The second-order valence-corrected chi connectivity index (χ2v) is 19.7. The number of allylic oxidation sites excluding steroid dienone is 8. The van der Waals surface area contributed by atoms with Crippen LogP contribution >= 0.6 is 15.6 Å². The van der Waals surface area contributed by atoms with Gasteiger partial charge < -0.3 is 34.4 Å². The number of rotatable bonds is 45. The number of phosphoric ester groups is 2. The molecular formula is C48H88O14P2. The molecular weight excluding hydrogens is 862 g/mol. The van der Waals surface area contributed by atoms with Crippen LogP contribution in [0.4, 0.5) is 0 Å². The molecule has 0 heterocycles. The molecule has 0 spiro atoms. The Bertz CT molecular complexity index is 1350. The van der Waals surface area contributed by atoms with Crippen LogP contribution in [0.2, 0.25) is 0 Å². The lowest BCUT2D eigenvalue weighted by atomic mass is 10.0. The molecule has 0 aliphatic carbocycles. The number of aliphatic hydroxyl groups is 2. The van der Waals surface area contributed by atoms with Gasteiger partial charge in [-0.1, -0.05) is 172 Å². The van der Waals surface area contributed by atoms with Gasteiger partial charge in [0, 0.05) is 12.8 Å². The highest BCUT2D eigenvalue weighted by Gasteiger charge is 2.28. The molecule has 374 valence electrons. The molecule has 64 heavy (non-hydrogen) atoms. The van der Waals surface area contributed by atoms with Crippen LogP contribution in [0.5, 0.6) is 0 Å². The van der Waals surface area contributed by atoms with Crippen molar-refractivity contribution in [1.29, 1.82) is 0 Å². The van der Waals surface area contributed by atoms with Crippen molar-refractivity contribution in [1.82, 2.24) is 0 Å². The molecule has 0 saturated carbocycles. The molecule has 0 aromatic carbocycles. The van der Waals surface area contributed by atoms with Crippen LogP contribution in [0, 0.1) is 5.92 Å². The molecule has 0 aliphatic heterocycles. The highest BCUT2D eigenvalue weighted by molar-refractivity contribution is 7.47. The molecule has 0 aromatic rings. The number of carbonyl (C=O) groups is 2. The van der Waals surface area contributed by atoms with Crippen molar-refractivity contribution in [3.63, 3.8) is 0 Å². The molecule has 0 rings (SSSR count). The first-order valence-corrected chi connectivity index (χ1v) is 27.3. The fourth-order valence-electron chi connectivity index (χ4n) is 6.45. The summed E-state index contributed by atoms with van der Waals surface area (Å²) >= 11 is 0. The van der Waals surface area contributed by atoms with E-state index in [0.717, 1.165) is 63.7 Å². The predicted molar refractivity (Wildman–Crippen MR) is 254 cm³/mol. The lowest BCUT2D eigenvalue weighted by Gasteiger charge is -2.20. The molecule has 4 atom stereocenters. The van der Waals surface area contributed by atoms with Crippen molar-refractivity contribution in [3.05, 3.63) is 48.6 Å². The fourth-order valence-corrected chi connectivity index (χ4v) is 7.60. The quantitative estimate of drug-likeness (QED) is 0.0166. The predicted octanol–water partition coefficient (Wildman–Crippen LogP) is 11.8. The summed E-state index contributed by atoms with van der Waals surface area (Å²) in [5.74, 6) is -0.290. The molecule has 0 bridgehead atoms. The second-order valence-electron chi connectivity index (χ2n) is 17.0. The Morgan fingerprint density at radius 1 is 0.500 bits per heavy atom.